The smallest absolute Gasteiger partial charge is 0.00930 e. The van der Waals surface area contributed by atoms with Gasteiger partial charge in [-0.15, -0.1) is 0 Å². The minimum Gasteiger partial charge on any atom is -0.0808 e. The van der Waals surface area contributed by atoms with Crippen molar-refractivity contribution in [3.63, 3.8) is 0 Å². The summed E-state index contributed by atoms with van der Waals surface area (Å²) in [4.78, 5) is 0. The summed E-state index contributed by atoms with van der Waals surface area (Å²) in [5.74, 6) is 12.7. The molecular formula is C90H118. The van der Waals surface area contributed by atoms with E-state index in [9.17, 15) is 0 Å². The van der Waals surface area contributed by atoms with E-state index < -0.39 is 0 Å². The van der Waals surface area contributed by atoms with Crippen LogP contribution >= 0.6 is 0 Å². The van der Waals surface area contributed by atoms with Gasteiger partial charge in [-0.05, 0) is 318 Å². The Morgan fingerprint density at radius 2 is 0.578 bits per heavy atom. The zero-order valence-corrected chi connectivity index (χ0v) is 56.2. The van der Waals surface area contributed by atoms with Gasteiger partial charge in [0.05, 0.1) is 0 Å². The molecule has 19 aliphatic carbocycles. The second-order valence-corrected chi connectivity index (χ2v) is 31.8. The van der Waals surface area contributed by atoms with E-state index in [2.05, 4.69) is 146 Å². The Labute approximate surface area is 548 Å². The summed E-state index contributed by atoms with van der Waals surface area (Å²) >= 11 is 0. The van der Waals surface area contributed by atoms with Crippen LogP contribution in [0.25, 0.3) is 18.2 Å². The third-order valence-corrected chi connectivity index (χ3v) is 26.4. The Bertz CT molecular complexity index is 3120. The van der Waals surface area contributed by atoms with Crippen LogP contribution in [-0.4, -0.2) is 0 Å². The molecule has 0 saturated heterocycles. The second-order valence-electron chi connectivity index (χ2n) is 31.8. The van der Waals surface area contributed by atoms with Crippen LogP contribution in [0.4, 0.5) is 0 Å². The van der Waals surface area contributed by atoms with Crippen molar-refractivity contribution < 1.29 is 0 Å². The molecule has 0 radical (unpaired) electrons. The number of fused-ring (bicyclic) bond motifs is 14. The van der Waals surface area contributed by atoms with Crippen LogP contribution in [0.5, 0.6) is 0 Å². The van der Waals surface area contributed by atoms with Crippen LogP contribution in [0.15, 0.2) is 172 Å². The van der Waals surface area contributed by atoms with Crippen molar-refractivity contribution in [1.82, 2.24) is 0 Å². The maximum atomic E-state index is 2.62. The first-order valence-electron chi connectivity index (χ1n) is 39.2. The van der Waals surface area contributed by atoms with E-state index in [-0.39, 0.29) is 0 Å². The summed E-state index contributed by atoms with van der Waals surface area (Å²) in [7, 11) is 0. The lowest BCUT2D eigenvalue weighted by Crippen LogP contribution is -2.30. The summed E-state index contributed by atoms with van der Waals surface area (Å²) < 4.78 is 0. The third-order valence-electron chi connectivity index (χ3n) is 26.4. The van der Waals surface area contributed by atoms with E-state index in [1.807, 2.05) is 11.1 Å². The van der Waals surface area contributed by atoms with Crippen molar-refractivity contribution in [2.24, 2.45) is 76.9 Å². The molecule has 0 aromatic heterocycles. The lowest BCUT2D eigenvalue weighted by Gasteiger charge is -2.30. The molecule has 0 bridgehead atoms. The van der Waals surface area contributed by atoms with Gasteiger partial charge in [0.15, 0.2) is 0 Å². The first-order chi connectivity index (χ1) is 44.6. The zero-order chi connectivity index (χ0) is 60.3. The van der Waals surface area contributed by atoms with E-state index in [0.29, 0.717) is 0 Å². The second kappa shape index (κ2) is 31.0. The van der Waals surface area contributed by atoms with Gasteiger partial charge in [0.25, 0.3) is 0 Å². The van der Waals surface area contributed by atoms with Crippen molar-refractivity contribution in [2.45, 2.75) is 263 Å². The molecule has 0 amide bonds. The number of rotatable bonds is 0. The molecule has 0 aliphatic heterocycles. The van der Waals surface area contributed by atoms with E-state index >= 15 is 0 Å². The van der Waals surface area contributed by atoms with Crippen LogP contribution in [0.1, 0.15) is 274 Å². The van der Waals surface area contributed by atoms with Gasteiger partial charge in [-0.3, -0.25) is 0 Å². The topological polar surface area (TPSA) is 0 Å². The molecule has 0 nitrogen and oxygen atoms in total. The van der Waals surface area contributed by atoms with Gasteiger partial charge in [-0.1, -0.05) is 234 Å². The molecule has 10 saturated carbocycles. The average Bonchev–Trinajstić information content (AvgIpc) is 2.69. The number of allylic oxidation sites excluding steroid dienone is 21. The standard InChI is InChI=1S/C13H18.C13H14.C13H18.C13H14.2C12H16.C9H12.C5H10/c2*1-2-6-12-10(4-1)8-9-11-5-3-7-13(11)12;2*1-2-5-11-9-13-7-3-6-12(13)8-10(11)4-1;1-3-9-7-8-10-4-2-6-12(10)11(9)5-1;1-3-9-7-11-5-2-6-12(11)8-10(9)4-1;1-2-5-9-7-3-6-8(9)4-1;1-2-4-5-3-1/h8-9,11,13H,1-7H2;1-2,4,6,8-9,11,13H,3,5,7H2;8-9,12-13H,1-7H2;1-2,4-5,8-9,12-13H,3,6-7H2;7-9,11H,1-6H2;7-10H,1-6H2;1-2,4-5,8-9H,3,6-7H2;1-5H2. The van der Waals surface area contributed by atoms with E-state index in [4.69, 9.17) is 0 Å². The molecule has 90 heavy (non-hydrogen) atoms. The fourth-order valence-electron chi connectivity index (χ4n) is 21.5. The SMILES string of the molecule is C1=C2CCCC2=CC2CCCC12.C1=C2CCCCC2=CC2CCCC12.C1=CC2CCCC2C2=C1CCC2.C1=CC2CCCC2C2=C1CCCC2.C1=CC2CCCC2C=C1.C1=CC2CCCC2c2ccccc21.C1=c2ccccc2=CC2CCCC12.C1CCCC1. The highest BCUT2D eigenvalue weighted by Crippen LogP contribution is 2.50. The van der Waals surface area contributed by atoms with Crippen LogP contribution in [-0.2, 0) is 0 Å². The first kappa shape index (κ1) is 62.8. The molecule has 0 heterocycles. The fraction of sp³-hybridized carbons (Fsp3) is 0.600. The summed E-state index contributed by atoms with van der Waals surface area (Å²) in [6, 6.07) is 17.6. The van der Waals surface area contributed by atoms with Gasteiger partial charge in [-0.25, -0.2) is 0 Å². The summed E-state index contributed by atoms with van der Waals surface area (Å²) in [6.07, 6.45) is 96.5. The quantitative estimate of drug-likeness (QED) is 0.247. The van der Waals surface area contributed by atoms with Crippen molar-refractivity contribution in [1.29, 1.82) is 0 Å². The van der Waals surface area contributed by atoms with Crippen LogP contribution in [0.2, 0.25) is 0 Å². The van der Waals surface area contributed by atoms with Crippen LogP contribution < -0.4 is 10.4 Å². The predicted octanol–water partition coefficient (Wildman–Crippen LogP) is 24.3. The number of hydrogen-bond donors (Lipinski definition) is 0. The van der Waals surface area contributed by atoms with Crippen molar-refractivity contribution in [2.75, 3.05) is 0 Å². The van der Waals surface area contributed by atoms with E-state index in [1.165, 1.54) is 273 Å². The zero-order valence-electron chi connectivity index (χ0n) is 56.2. The Balaban J connectivity index is 0.0000000907. The van der Waals surface area contributed by atoms with Gasteiger partial charge in [0.1, 0.15) is 0 Å². The van der Waals surface area contributed by atoms with Crippen molar-refractivity contribution in [3.8, 4) is 0 Å². The molecule has 0 spiro atoms. The summed E-state index contributed by atoms with van der Waals surface area (Å²) in [5.41, 5.74) is 17.0. The van der Waals surface area contributed by atoms with Gasteiger partial charge in [0, 0.05) is 0 Å². The Hall–Kier alpha value is -4.68. The van der Waals surface area contributed by atoms with Gasteiger partial charge in [0.2, 0.25) is 0 Å². The molecular weight excluding hydrogens is 1080 g/mol. The fourth-order valence-corrected chi connectivity index (χ4v) is 21.5. The van der Waals surface area contributed by atoms with Gasteiger partial charge in [-0.2, -0.15) is 0 Å². The molecule has 14 atom stereocenters. The lowest BCUT2D eigenvalue weighted by molar-refractivity contribution is 0.473. The van der Waals surface area contributed by atoms with Crippen LogP contribution in [0, 0.1) is 76.9 Å². The Morgan fingerprint density at radius 3 is 1.09 bits per heavy atom. The van der Waals surface area contributed by atoms with Crippen molar-refractivity contribution >= 4 is 18.2 Å². The highest BCUT2D eigenvalue weighted by molar-refractivity contribution is 5.59. The van der Waals surface area contributed by atoms with Gasteiger partial charge >= 0.3 is 0 Å². The molecule has 478 valence electrons. The maximum Gasteiger partial charge on any atom is -0.00930 e. The normalized spacial score (nSPS) is 35.0. The maximum absolute atomic E-state index is 2.62. The highest BCUT2D eigenvalue weighted by atomic mass is 14.4. The monoisotopic (exact) mass is 1200 g/mol. The molecule has 10 fully saturated rings. The van der Waals surface area contributed by atoms with Gasteiger partial charge < -0.3 is 0 Å². The van der Waals surface area contributed by atoms with Crippen molar-refractivity contribution in [3.05, 3.63) is 194 Å². The Kier molecular flexibility index (Phi) is 21.6. The molecule has 2 aromatic rings. The predicted molar refractivity (Wildman–Crippen MR) is 386 cm³/mol. The molecule has 0 N–H and O–H groups in total. The molecule has 2 aromatic carbocycles. The van der Waals surface area contributed by atoms with Crippen LogP contribution in [0.3, 0.4) is 0 Å². The minimum absolute atomic E-state index is 0.834. The minimum atomic E-state index is 0.834. The molecule has 0 heteroatoms. The summed E-state index contributed by atoms with van der Waals surface area (Å²) in [5, 5.41) is 2.90. The van der Waals surface area contributed by atoms with E-state index in [0.717, 1.165) is 82.9 Å². The molecule has 21 rings (SSSR count). The van der Waals surface area contributed by atoms with E-state index in [1.54, 1.807) is 39.0 Å². The number of hydrogen-bond acceptors (Lipinski definition) is 0. The first-order valence-corrected chi connectivity index (χ1v) is 39.2. The molecule has 19 aliphatic rings. The number of benzene rings is 2. The largest absolute Gasteiger partial charge is 0.0808 e. The summed E-state index contributed by atoms with van der Waals surface area (Å²) in [6.45, 7) is 0. The lowest BCUT2D eigenvalue weighted by atomic mass is 9.75. The highest BCUT2D eigenvalue weighted by Gasteiger charge is 2.36. The third kappa shape index (κ3) is 15.3. The average molecular weight is 1200 g/mol. The molecule has 14 unspecified atom stereocenters. The Morgan fingerprint density at radius 1 is 0.233 bits per heavy atom.